The van der Waals surface area contributed by atoms with Crippen molar-refractivity contribution < 1.29 is 23.5 Å². The standard InChI is InChI=1S/C22H24N2O5/c1-4-14-7-5-8-15-16(11-23-20(14)15)17(25)12-29-22(27)19(13(2)3)24-21(26)18-9-6-10-28-18/h5-11,13,19,23H,4,12H2,1-3H3,(H,24,26). The largest absolute Gasteiger partial charge is 0.459 e. The van der Waals surface area contributed by atoms with E-state index in [0.29, 0.717) is 5.56 Å². The molecule has 0 spiro atoms. The molecule has 0 saturated carbocycles. The fourth-order valence-corrected chi connectivity index (χ4v) is 3.16. The molecule has 3 rings (SSSR count). The normalized spacial score (nSPS) is 12.1. The Kier molecular flexibility index (Phi) is 6.16. The number of aryl methyl sites for hydroxylation is 1. The third-order valence-electron chi connectivity index (χ3n) is 4.78. The van der Waals surface area contributed by atoms with Crippen molar-refractivity contribution in [3.63, 3.8) is 0 Å². The van der Waals surface area contributed by atoms with E-state index in [9.17, 15) is 14.4 Å². The minimum atomic E-state index is -0.893. The van der Waals surface area contributed by atoms with Gasteiger partial charge < -0.3 is 19.5 Å². The van der Waals surface area contributed by atoms with Crippen LogP contribution in [0.4, 0.5) is 0 Å². The van der Waals surface area contributed by atoms with Gasteiger partial charge in [0.1, 0.15) is 6.04 Å². The number of rotatable bonds is 8. The van der Waals surface area contributed by atoms with Gasteiger partial charge in [-0.1, -0.05) is 39.0 Å². The van der Waals surface area contributed by atoms with Crippen molar-refractivity contribution in [2.75, 3.05) is 6.61 Å². The number of aromatic nitrogens is 1. The summed E-state index contributed by atoms with van der Waals surface area (Å²) >= 11 is 0. The highest BCUT2D eigenvalue weighted by Crippen LogP contribution is 2.22. The molecular weight excluding hydrogens is 372 g/mol. The van der Waals surface area contributed by atoms with Crippen LogP contribution in [-0.2, 0) is 16.0 Å². The Morgan fingerprint density at radius 1 is 1.17 bits per heavy atom. The lowest BCUT2D eigenvalue weighted by Gasteiger charge is -2.20. The molecule has 0 aliphatic rings. The van der Waals surface area contributed by atoms with Crippen LogP contribution < -0.4 is 5.32 Å². The molecule has 0 aliphatic carbocycles. The number of amides is 1. The van der Waals surface area contributed by atoms with Gasteiger partial charge in [-0.2, -0.15) is 0 Å². The number of hydrogen-bond donors (Lipinski definition) is 2. The first kappa shape index (κ1) is 20.4. The summed E-state index contributed by atoms with van der Waals surface area (Å²) in [5, 5.41) is 3.40. The third kappa shape index (κ3) is 4.39. The topological polar surface area (TPSA) is 101 Å². The molecule has 2 aromatic heterocycles. The monoisotopic (exact) mass is 396 g/mol. The predicted molar refractivity (Wildman–Crippen MR) is 108 cm³/mol. The number of carbonyl (C=O) groups is 3. The van der Waals surface area contributed by atoms with E-state index < -0.39 is 24.5 Å². The first-order valence-corrected chi connectivity index (χ1v) is 9.55. The van der Waals surface area contributed by atoms with Gasteiger partial charge in [-0.3, -0.25) is 9.59 Å². The number of H-pyrrole nitrogens is 1. The quantitative estimate of drug-likeness (QED) is 0.448. The zero-order valence-electron chi connectivity index (χ0n) is 16.7. The number of carbonyl (C=O) groups excluding carboxylic acids is 3. The number of nitrogens with one attached hydrogen (secondary N) is 2. The Morgan fingerprint density at radius 3 is 2.62 bits per heavy atom. The smallest absolute Gasteiger partial charge is 0.329 e. The van der Waals surface area contributed by atoms with Crippen molar-refractivity contribution in [3.8, 4) is 0 Å². The van der Waals surface area contributed by atoms with Gasteiger partial charge in [-0.05, 0) is 30.0 Å². The minimum absolute atomic E-state index is 0.102. The molecule has 2 heterocycles. The Balaban J connectivity index is 1.67. The summed E-state index contributed by atoms with van der Waals surface area (Å²) < 4.78 is 10.3. The van der Waals surface area contributed by atoms with Gasteiger partial charge in [0.2, 0.25) is 5.78 Å². The van der Waals surface area contributed by atoms with Gasteiger partial charge in [0.05, 0.1) is 6.26 Å². The predicted octanol–water partition coefficient (Wildman–Crippen LogP) is 3.50. The van der Waals surface area contributed by atoms with E-state index in [4.69, 9.17) is 9.15 Å². The number of fused-ring (bicyclic) bond motifs is 1. The average Bonchev–Trinajstić information content (AvgIpc) is 3.39. The number of benzene rings is 1. The van der Waals surface area contributed by atoms with Crippen molar-refractivity contribution in [1.82, 2.24) is 10.3 Å². The third-order valence-corrected chi connectivity index (χ3v) is 4.78. The molecule has 152 valence electrons. The molecule has 2 N–H and O–H groups in total. The first-order chi connectivity index (χ1) is 13.9. The van der Waals surface area contributed by atoms with Crippen LogP contribution in [0.3, 0.4) is 0 Å². The summed E-state index contributed by atoms with van der Waals surface area (Å²) in [6, 6.07) is 7.96. The van der Waals surface area contributed by atoms with Crippen LogP contribution in [0.5, 0.6) is 0 Å². The van der Waals surface area contributed by atoms with Crippen LogP contribution in [-0.4, -0.2) is 35.3 Å². The number of furan rings is 1. The molecule has 1 amide bonds. The Labute approximate surface area is 168 Å². The molecule has 1 unspecified atom stereocenters. The molecule has 7 nitrogen and oxygen atoms in total. The number of hydrogen-bond acceptors (Lipinski definition) is 5. The molecule has 3 aromatic rings. The van der Waals surface area contributed by atoms with Crippen molar-refractivity contribution in [2.45, 2.75) is 33.2 Å². The van der Waals surface area contributed by atoms with Gasteiger partial charge in [-0.15, -0.1) is 0 Å². The molecule has 0 fully saturated rings. The van der Waals surface area contributed by atoms with Gasteiger partial charge in [0, 0.05) is 22.7 Å². The summed E-state index contributed by atoms with van der Waals surface area (Å²) in [7, 11) is 0. The van der Waals surface area contributed by atoms with E-state index >= 15 is 0 Å². The van der Waals surface area contributed by atoms with Crippen LogP contribution in [0.25, 0.3) is 10.9 Å². The van der Waals surface area contributed by atoms with Crippen molar-refractivity contribution in [2.24, 2.45) is 5.92 Å². The van der Waals surface area contributed by atoms with E-state index in [-0.39, 0.29) is 17.5 Å². The van der Waals surface area contributed by atoms with Crippen LogP contribution in [0.2, 0.25) is 0 Å². The molecule has 0 radical (unpaired) electrons. The van der Waals surface area contributed by atoms with Crippen molar-refractivity contribution in [3.05, 3.63) is 59.7 Å². The summed E-state index contributed by atoms with van der Waals surface area (Å²) in [5.41, 5.74) is 2.50. The Hall–Kier alpha value is -3.35. The summed E-state index contributed by atoms with van der Waals surface area (Å²) in [5.74, 6) is -1.61. The number of aromatic amines is 1. The lowest BCUT2D eigenvalue weighted by molar-refractivity contribution is -0.145. The van der Waals surface area contributed by atoms with Crippen molar-refractivity contribution in [1.29, 1.82) is 0 Å². The second kappa shape index (κ2) is 8.77. The van der Waals surface area contributed by atoms with Crippen LogP contribution in [0, 0.1) is 5.92 Å². The molecular formula is C22H24N2O5. The van der Waals surface area contributed by atoms with E-state index in [2.05, 4.69) is 10.3 Å². The number of esters is 1. The average molecular weight is 396 g/mol. The van der Waals surface area contributed by atoms with Gasteiger partial charge in [-0.25, -0.2) is 4.79 Å². The highest BCUT2D eigenvalue weighted by Gasteiger charge is 2.28. The van der Waals surface area contributed by atoms with E-state index in [1.54, 1.807) is 26.1 Å². The summed E-state index contributed by atoms with van der Waals surface area (Å²) in [6.45, 7) is 5.20. The van der Waals surface area contributed by atoms with Crippen LogP contribution >= 0.6 is 0 Å². The number of Topliss-reactive ketones (excluding diaryl/α,β-unsaturated/α-hetero) is 1. The molecule has 1 atom stereocenters. The fourth-order valence-electron chi connectivity index (χ4n) is 3.16. The highest BCUT2D eigenvalue weighted by molar-refractivity contribution is 6.09. The second-order valence-electron chi connectivity index (χ2n) is 7.10. The van der Waals surface area contributed by atoms with Crippen molar-refractivity contribution >= 4 is 28.6 Å². The molecule has 0 saturated heterocycles. The van der Waals surface area contributed by atoms with Crippen LogP contribution in [0.1, 0.15) is 47.2 Å². The molecule has 1 aromatic carbocycles. The number of para-hydroxylation sites is 1. The lowest BCUT2D eigenvalue weighted by atomic mass is 10.0. The minimum Gasteiger partial charge on any atom is -0.459 e. The second-order valence-corrected chi connectivity index (χ2v) is 7.10. The maximum absolute atomic E-state index is 12.6. The van der Waals surface area contributed by atoms with E-state index in [1.165, 1.54) is 12.3 Å². The molecule has 29 heavy (non-hydrogen) atoms. The lowest BCUT2D eigenvalue weighted by Crippen LogP contribution is -2.45. The SMILES string of the molecule is CCc1cccc2c(C(=O)COC(=O)C(NC(=O)c3ccco3)C(C)C)c[nH]c12. The maximum Gasteiger partial charge on any atom is 0.329 e. The Bertz CT molecular complexity index is 1020. The van der Waals surface area contributed by atoms with Gasteiger partial charge in [0.15, 0.2) is 12.4 Å². The number of ketones is 1. The zero-order chi connectivity index (χ0) is 21.0. The zero-order valence-corrected chi connectivity index (χ0v) is 16.7. The molecule has 7 heteroatoms. The van der Waals surface area contributed by atoms with E-state index in [0.717, 1.165) is 22.9 Å². The summed E-state index contributed by atoms with van der Waals surface area (Å²) in [4.78, 5) is 40.4. The molecule has 0 aliphatic heterocycles. The maximum atomic E-state index is 12.6. The fraction of sp³-hybridized carbons (Fsp3) is 0.318. The van der Waals surface area contributed by atoms with Crippen LogP contribution in [0.15, 0.2) is 47.2 Å². The Morgan fingerprint density at radius 2 is 1.97 bits per heavy atom. The van der Waals surface area contributed by atoms with E-state index in [1.807, 2.05) is 25.1 Å². The highest BCUT2D eigenvalue weighted by atomic mass is 16.5. The molecule has 0 bridgehead atoms. The van der Waals surface area contributed by atoms with Gasteiger partial charge in [0.25, 0.3) is 5.91 Å². The van der Waals surface area contributed by atoms with Gasteiger partial charge >= 0.3 is 5.97 Å². The summed E-state index contributed by atoms with van der Waals surface area (Å²) in [6.07, 6.45) is 3.85. The first-order valence-electron chi connectivity index (χ1n) is 9.55. The number of ether oxygens (including phenoxy) is 1.